The third-order valence-corrected chi connectivity index (χ3v) is 4.63. The molecule has 0 aromatic heterocycles. The molecule has 0 aliphatic heterocycles. The van der Waals surface area contributed by atoms with E-state index in [1.54, 1.807) is 7.11 Å². The van der Waals surface area contributed by atoms with Crippen LogP contribution in [0.15, 0.2) is 30.9 Å². The van der Waals surface area contributed by atoms with Crippen LogP contribution in [0.1, 0.15) is 37.3 Å². The minimum atomic E-state index is -0.426. The summed E-state index contributed by atoms with van der Waals surface area (Å²) in [4.78, 5) is 0. The summed E-state index contributed by atoms with van der Waals surface area (Å²) < 4.78 is 5.60. The number of aryl methyl sites for hydroxylation is 1. The number of aliphatic hydroxyl groups excluding tert-OH is 1. The van der Waals surface area contributed by atoms with Gasteiger partial charge in [-0.2, -0.15) is 0 Å². The van der Waals surface area contributed by atoms with Crippen molar-refractivity contribution in [3.05, 3.63) is 42.0 Å². The molecule has 1 aliphatic carbocycles. The maximum atomic E-state index is 10.3. The monoisotopic (exact) mass is 289 g/mol. The standard InChI is InChI=1S/C18H27NO2/c1-4-7-15-11-10-14-8-6-9-16(21-3)17(14)18(15,13-20)19-12-5-2/h4,6,8-9,15,19-20H,1,5,7,10-13H2,2-3H3. The zero-order chi connectivity index (χ0) is 15.3. The highest BCUT2D eigenvalue weighted by Gasteiger charge is 2.44. The van der Waals surface area contributed by atoms with E-state index in [4.69, 9.17) is 4.74 Å². The highest BCUT2D eigenvalue weighted by atomic mass is 16.5. The van der Waals surface area contributed by atoms with Gasteiger partial charge in [-0.05, 0) is 49.8 Å². The van der Waals surface area contributed by atoms with E-state index in [9.17, 15) is 5.11 Å². The maximum absolute atomic E-state index is 10.3. The molecular weight excluding hydrogens is 262 g/mol. The van der Waals surface area contributed by atoms with Gasteiger partial charge in [0.05, 0.1) is 19.3 Å². The first-order valence-corrected chi connectivity index (χ1v) is 7.86. The van der Waals surface area contributed by atoms with Crippen molar-refractivity contribution in [2.75, 3.05) is 20.3 Å². The predicted molar refractivity (Wildman–Crippen MR) is 86.7 cm³/mol. The Balaban J connectivity index is 2.56. The van der Waals surface area contributed by atoms with Crippen LogP contribution in [0.25, 0.3) is 0 Å². The number of fused-ring (bicyclic) bond motifs is 1. The number of ether oxygens (including phenoxy) is 1. The molecule has 0 saturated carbocycles. The SMILES string of the molecule is C=CCC1CCc2cccc(OC)c2C1(CO)NCCC. The van der Waals surface area contributed by atoms with Crippen molar-refractivity contribution < 1.29 is 9.84 Å². The first kappa shape index (κ1) is 16.1. The highest BCUT2D eigenvalue weighted by molar-refractivity contribution is 5.48. The first-order valence-electron chi connectivity index (χ1n) is 7.86. The topological polar surface area (TPSA) is 41.5 Å². The zero-order valence-corrected chi connectivity index (χ0v) is 13.2. The zero-order valence-electron chi connectivity index (χ0n) is 13.2. The van der Waals surface area contributed by atoms with Gasteiger partial charge in [-0.15, -0.1) is 6.58 Å². The minimum Gasteiger partial charge on any atom is -0.496 e. The fraction of sp³-hybridized carbons (Fsp3) is 0.556. The van der Waals surface area contributed by atoms with Crippen LogP contribution in [0.5, 0.6) is 5.75 Å². The Morgan fingerprint density at radius 2 is 2.33 bits per heavy atom. The van der Waals surface area contributed by atoms with Crippen molar-refractivity contribution in [2.45, 2.75) is 38.1 Å². The fourth-order valence-electron chi connectivity index (χ4n) is 3.61. The molecule has 0 amide bonds. The van der Waals surface area contributed by atoms with Gasteiger partial charge in [-0.25, -0.2) is 0 Å². The van der Waals surface area contributed by atoms with E-state index < -0.39 is 5.54 Å². The van der Waals surface area contributed by atoms with Crippen LogP contribution in [-0.4, -0.2) is 25.4 Å². The highest BCUT2D eigenvalue weighted by Crippen LogP contribution is 2.45. The summed E-state index contributed by atoms with van der Waals surface area (Å²) in [6, 6.07) is 6.18. The number of hydrogen-bond acceptors (Lipinski definition) is 3. The van der Waals surface area contributed by atoms with Crippen molar-refractivity contribution in [1.82, 2.24) is 5.32 Å². The second-order valence-electron chi connectivity index (χ2n) is 5.81. The molecule has 0 heterocycles. The molecule has 2 unspecified atom stereocenters. The molecule has 2 rings (SSSR count). The van der Waals surface area contributed by atoms with Crippen LogP contribution in [-0.2, 0) is 12.0 Å². The average Bonchev–Trinajstić information content (AvgIpc) is 2.53. The van der Waals surface area contributed by atoms with Crippen molar-refractivity contribution in [3.8, 4) is 5.75 Å². The lowest BCUT2D eigenvalue weighted by Crippen LogP contribution is -2.54. The lowest BCUT2D eigenvalue weighted by molar-refractivity contribution is 0.0855. The largest absolute Gasteiger partial charge is 0.496 e. The molecule has 2 N–H and O–H groups in total. The van der Waals surface area contributed by atoms with Crippen molar-refractivity contribution >= 4 is 0 Å². The van der Waals surface area contributed by atoms with Crippen molar-refractivity contribution in [1.29, 1.82) is 0 Å². The summed E-state index contributed by atoms with van der Waals surface area (Å²) in [7, 11) is 1.70. The summed E-state index contributed by atoms with van der Waals surface area (Å²) in [6.07, 6.45) is 5.98. The van der Waals surface area contributed by atoms with Crippen LogP contribution < -0.4 is 10.1 Å². The van der Waals surface area contributed by atoms with Gasteiger partial charge < -0.3 is 15.2 Å². The molecule has 3 heteroatoms. The quantitative estimate of drug-likeness (QED) is 0.758. The number of aliphatic hydroxyl groups is 1. The summed E-state index contributed by atoms with van der Waals surface area (Å²) in [5.74, 6) is 1.22. The molecule has 21 heavy (non-hydrogen) atoms. The summed E-state index contributed by atoms with van der Waals surface area (Å²) in [5.41, 5.74) is 2.00. The first-order chi connectivity index (χ1) is 10.2. The van der Waals surface area contributed by atoms with Gasteiger partial charge >= 0.3 is 0 Å². The number of rotatable bonds is 7. The third kappa shape index (κ3) is 2.85. The van der Waals surface area contributed by atoms with E-state index >= 15 is 0 Å². The number of allylic oxidation sites excluding steroid dienone is 1. The van der Waals surface area contributed by atoms with Crippen LogP contribution in [0.2, 0.25) is 0 Å². The fourth-order valence-corrected chi connectivity index (χ4v) is 3.61. The van der Waals surface area contributed by atoms with Gasteiger partial charge in [0.25, 0.3) is 0 Å². The molecule has 1 aromatic carbocycles. The van der Waals surface area contributed by atoms with Gasteiger partial charge in [0.15, 0.2) is 0 Å². The van der Waals surface area contributed by atoms with Crippen LogP contribution in [0.4, 0.5) is 0 Å². The Morgan fingerprint density at radius 3 is 2.95 bits per heavy atom. The van der Waals surface area contributed by atoms with Crippen molar-refractivity contribution in [2.24, 2.45) is 5.92 Å². The Labute approximate surface area is 128 Å². The van der Waals surface area contributed by atoms with Crippen LogP contribution >= 0.6 is 0 Å². The lowest BCUT2D eigenvalue weighted by atomic mass is 9.67. The Morgan fingerprint density at radius 1 is 1.52 bits per heavy atom. The van der Waals surface area contributed by atoms with Gasteiger partial charge in [0.1, 0.15) is 5.75 Å². The van der Waals surface area contributed by atoms with Crippen molar-refractivity contribution in [3.63, 3.8) is 0 Å². The Kier molecular flexibility index (Phi) is 5.43. The second kappa shape index (κ2) is 7.10. The second-order valence-corrected chi connectivity index (χ2v) is 5.81. The molecule has 1 aliphatic rings. The predicted octanol–water partition coefficient (Wildman–Crippen LogP) is 3.02. The lowest BCUT2D eigenvalue weighted by Gasteiger charge is -2.45. The van der Waals surface area contributed by atoms with E-state index in [-0.39, 0.29) is 6.61 Å². The molecule has 116 valence electrons. The van der Waals surface area contributed by atoms with E-state index in [1.807, 2.05) is 18.2 Å². The number of nitrogens with one attached hydrogen (secondary N) is 1. The summed E-state index contributed by atoms with van der Waals surface area (Å²) in [6.45, 7) is 7.00. The maximum Gasteiger partial charge on any atom is 0.124 e. The Hall–Kier alpha value is -1.32. The molecule has 0 fully saturated rings. The molecule has 2 atom stereocenters. The van der Waals surface area contributed by atoms with E-state index in [1.165, 1.54) is 5.56 Å². The van der Waals surface area contributed by atoms with Crippen LogP contribution in [0, 0.1) is 5.92 Å². The third-order valence-electron chi connectivity index (χ3n) is 4.63. The Bertz CT molecular complexity index is 472. The molecule has 0 saturated heterocycles. The van der Waals surface area contributed by atoms with Gasteiger partial charge in [-0.1, -0.05) is 25.1 Å². The number of benzene rings is 1. The van der Waals surface area contributed by atoms with Crippen LogP contribution in [0.3, 0.4) is 0 Å². The minimum absolute atomic E-state index is 0.0822. The molecule has 0 bridgehead atoms. The normalized spacial score (nSPS) is 24.4. The molecule has 3 nitrogen and oxygen atoms in total. The van der Waals surface area contributed by atoms with Gasteiger partial charge in [0.2, 0.25) is 0 Å². The molecule has 1 aromatic rings. The van der Waals surface area contributed by atoms with Gasteiger partial charge in [0, 0.05) is 5.56 Å². The average molecular weight is 289 g/mol. The molecule has 0 spiro atoms. The smallest absolute Gasteiger partial charge is 0.124 e. The molecular formula is C18H27NO2. The van der Waals surface area contributed by atoms with E-state index in [2.05, 4.69) is 24.9 Å². The van der Waals surface area contributed by atoms with E-state index in [0.717, 1.165) is 43.5 Å². The van der Waals surface area contributed by atoms with Gasteiger partial charge in [-0.3, -0.25) is 0 Å². The number of methoxy groups -OCH3 is 1. The summed E-state index contributed by atoms with van der Waals surface area (Å²) in [5, 5.41) is 13.9. The summed E-state index contributed by atoms with van der Waals surface area (Å²) >= 11 is 0. The molecule has 0 radical (unpaired) electrons. The van der Waals surface area contributed by atoms with E-state index in [0.29, 0.717) is 5.92 Å². The number of hydrogen-bond donors (Lipinski definition) is 2.